The molecule has 0 radical (unpaired) electrons. The zero-order valence-electron chi connectivity index (χ0n) is 13.5. The summed E-state index contributed by atoms with van der Waals surface area (Å²) in [5.41, 5.74) is 0.838. The highest BCUT2D eigenvalue weighted by Crippen LogP contribution is 2.15. The smallest absolute Gasteiger partial charge is 0.307 e. The summed E-state index contributed by atoms with van der Waals surface area (Å²) < 4.78 is 17.6. The first-order chi connectivity index (χ1) is 10.5. The van der Waals surface area contributed by atoms with E-state index in [1.807, 2.05) is 13.8 Å². The number of halogens is 1. The van der Waals surface area contributed by atoms with E-state index in [0.717, 1.165) is 18.4 Å². The Hall–Kier alpha value is -1.91. The standard InChI is InChI=1S/C17H24FNO3/c1-4-14(5-2)17(21)19(11-10-16(20)22-3)12-13-6-8-15(18)9-7-13/h6-9,14H,4-5,10-12H2,1-3H3. The summed E-state index contributed by atoms with van der Waals surface area (Å²) >= 11 is 0. The van der Waals surface area contributed by atoms with Crippen LogP contribution in [0.2, 0.25) is 0 Å². The van der Waals surface area contributed by atoms with Crippen LogP contribution in [0.5, 0.6) is 0 Å². The number of hydrogen-bond donors (Lipinski definition) is 0. The number of esters is 1. The molecule has 0 aliphatic rings. The summed E-state index contributed by atoms with van der Waals surface area (Å²) in [5, 5.41) is 0. The first kappa shape index (κ1) is 18.1. The van der Waals surface area contributed by atoms with Crippen molar-refractivity contribution in [3.63, 3.8) is 0 Å². The predicted molar refractivity (Wildman–Crippen MR) is 82.5 cm³/mol. The van der Waals surface area contributed by atoms with E-state index in [1.54, 1.807) is 17.0 Å². The van der Waals surface area contributed by atoms with Crippen LogP contribution in [0.15, 0.2) is 24.3 Å². The van der Waals surface area contributed by atoms with E-state index in [2.05, 4.69) is 4.74 Å². The molecule has 22 heavy (non-hydrogen) atoms. The minimum absolute atomic E-state index is 0.0261. The maximum Gasteiger partial charge on any atom is 0.307 e. The van der Waals surface area contributed by atoms with Crippen LogP contribution in [0.25, 0.3) is 0 Å². The lowest BCUT2D eigenvalue weighted by Gasteiger charge is -2.26. The highest BCUT2D eigenvalue weighted by Gasteiger charge is 2.22. The third-order valence-electron chi connectivity index (χ3n) is 3.75. The maximum atomic E-state index is 13.0. The Balaban J connectivity index is 2.82. The molecular formula is C17H24FNO3. The molecule has 1 aromatic carbocycles. The van der Waals surface area contributed by atoms with Crippen molar-refractivity contribution in [1.29, 1.82) is 0 Å². The Bertz CT molecular complexity index is 483. The van der Waals surface area contributed by atoms with Crippen LogP contribution in [0.1, 0.15) is 38.7 Å². The molecule has 0 aromatic heterocycles. The van der Waals surface area contributed by atoms with Gasteiger partial charge in [-0.05, 0) is 30.5 Å². The van der Waals surface area contributed by atoms with Gasteiger partial charge in [-0.1, -0.05) is 26.0 Å². The van der Waals surface area contributed by atoms with Crippen LogP contribution in [-0.2, 0) is 20.9 Å². The topological polar surface area (TPSA) is 46.6 Å². The number of methoxy groups -OCH3 is 1. The first-order valence-corrected chi connectivity index (χ1v) is 7.61. The zero-order valence-corrected chi connectivity index (χ0v) is 13.5. The summed E-state index contributed by atoms with van der Waals surface area (Å²) in [7, 11) is 1.33. The van der Waals surface area contributed by atoms with E-state index in [1.165, 1.54) is 19.2 Å². The van der Waals surface area contributed by atoms with Crippen molar-refractivity contribution < 1.29 is 18.7 Å². The van der Waals surface area contributed by atoms with Gasteiger partial charge in [0.15, 0.2) is 0 Å². The molecule has 5 heteroatoms. The Morgan fingerprint density at radius 2 is 1.77 bits per heavy atom. The Morgan fingerprint density at radius 3 is 2.27 bits per heavy atom. The molecule has 0 saturated heterocycles. The van der Waals surface area contributed by atoms with Gasteiger partial charge in [0.25, 0.3) is 0 Å². The van der Waals surface area contributed by atoms with Crippen LogP contribution in [0, 0.1) is 11.7 Å². The van der Waals surface area contributed by atoms with Crippen molar-refractivity contribution in [1.82, 2.24) is 4.90 Å². The number of ether oxygens (including phenoxy) is 1. The zero-order chi connectivity index (χ0) is 16.5. The number of nitrogens with zero attached hydrogens (tertiary/aromatic N) is 1. The summed E-state index contributed by atoms with van der Waals surface area (Å²) in [6, 6.07) is 6.05. The van der Waals surface area contributed by atoms with Gasteiger partial charge in [0.1, 0.15) is 5.82 Å². The summed E-state index contributed by atoms with van der Waals surface area (Å²) in [6.45, 7) is 4.62. The monoisotopic (exact) mass is 309 g/mol. The van der Waals surface area contributed by atoms with E-state index in [0.29, 0.717) is 13.1 Å². The molecule has 1 rings (SSSR count). The van der Waals surface area contributed by atoms with Gasteiger partial charge in [-0.25, -0.2) is 4.39 Å². The summed E-state index contributed by atoms with van der Waals surface area (Å²) in [5.74, 6) is -0.686. The van der Waals surface area contributed by atoms with Crippen LogP contribution in [0.4, 0.5) is 4.39 Å². The predicted octanol–water partition coefficient (Wildman–Crippen LogP) is 3.15. The van der Waals surface area contributed by atoms with Gasteiger partial charge < -0.3 is 9.64 Å². The third kappa shape index (κ3) is 5.47. The van der Waals surface area contributed by atoms with Crippen molar-refractivity contribution >= 4 is 11.9 Å². The Kier molecular flexibility index (Phi) is 7.57. The molecule has 0 aliphatic heterocycles. The van der Waals surface area contributed by atoms with Crippen LogP contribution in [0.3, 0.4) is 0 Å². The molecule has 0 spiro atoms. The molecule has 0 heterocycles. The average Bonchev–Trinajstić information content (AvgIpc) is 2.53. The fourth-order valence-electron chi connectivity index (χ4n) is 2.30. The lowest BCUT2D eigenvalue weighted by atomic mass is 10.0. The fraction of sp³-hybridized carbons (Fsp3) is 0.529. The molecular weight excluding hydrogens is 285 g/mol. The molecule has 0 fully saturated rings. The molecule has 1 amide bonds. The summed E-state index contributed by atoms with van der Waals surface area (Å²) in [4.78, 5) is 25.6. The van der Waals surface area contributed by atoms with Crippen molar-refractivity contribution in [3.8, 4) is 0 Å². The molecule has 1 aromatic rings. The summed E-state index contributed by atoms with van der Waals surface area (Å²) in [6.07, 6.45) is 1.67. The second-order valence-corrected chi connectivity index (χ2v) is 5.23. The number of rotatable bonds is 8. The molecule has 0 atom stereocenters. The number of hydrogen-bond acceptors (Lipinski definition) is 3. The molecule has 0 unspecified atom stereocenters. The average molecular weight is 309 g/mol. The molecule has 0 bridgehead atoms. The minimum atomic E-state index is -0.346. The van der Waals surface area contributed by atoms with E-state index >= 15 is 0 Å². The van der Waals surface area contributed by atoms with Gasteiger partial charge in [0.05, 0.1) is 13.5 Å². The van der Waals surface area contributed by atoms with Crippen molar-refractivity contribution in [2.24, 2.45) is 5.92 Å². The number of carbonyl (C=O) groups excluding carboxylic acids is 2. The second kappa shape index (κ2) is 9.18. The first-order valence-electron chi connectivity index (χ1n) is 7.61. The van der Waals surface area contributed by atoms with Crippen LogP contribution < -0.4 is 0 Å². The second-order valence-electron chi connectivity index (χ2n) is 5.23. The molecule has 122 valence electrons. The Labute approximate surface area is 131 Å². The number of benzene rings is 1. The highest BCUT2D eigenvalue weighted by molar-refractivity contribution is 5.79. The van der Waals surface area contributed by atoms with E-state index in [9.17, 15) is 14.0 Å². The van der Waals surface area contributed by atoms with Crippen molar-refractivity contribution in [3.05, 3.63) is 35.6 Å². The van der Waals surface area contributed by atoms with Gasteiger partial charge in [0.2, 0.25) is 5.91 Å². The lowest BCUT2D eigenvalue weighted by Crippen LogP contribution is -2.37. The van der Waals surface area contributed by atoms with Gasteiger partial charge in [0, 0.05) is 19.0 Å². The van der Waals surface area contributed by atoms with E-state index < -0.39 is 0 Å². The highest BCUT2D eigenvalue weighted by atomic mass is 19.1. The van der Waals surface area contributed by atoms with Crippen LogP contribution in [-0.4, -0.2) is 30.4 Å². The van der Waals surface area contributed by atoms with E-state index in [4.69, 9.17) is 0 Å². The normalized spacial score (nSPS) is 10.6. The maximum absolute atomic E-state index is 13.0. The fourth-order valence-corrected chi connectivity index (χ4v) is 2.30. The van der Waals surface area contributed by atoms with E-state index in [-0.39, 0.29) is 30.0 Å². The van der Waals surface area contributed by atoms with Gasteiger partial charge in [-0.3, -0.25) is 9.59 Å². The number of amides is 1. The molecule has 0 aliphatic carbocycles. The van der Waals surface area contributed by atoms with Gasteiger partial charge in [-0.2, -0.15) is 0 Å². The minimum Gasteiger partial charge on any atom is -0.469 e. The number of carbonyl (C=O) groups is 2. The quantitative estimate of drug-likeness (QED) is 0.693. The Morgan fingerprint density at radius 1 is 1.18 bits per heavy atom. The van der Waals surface area contributed by atoms with Crippen LogP contribution >= 0.6 is 0 Å². The SMILES string of the molecule is CCC(CC)C(=O)N(CCC(=O)OC)Cc1ccc(F)cc1. The van der Waals surface area contributed by atoms with Gasteiger partial charge in [-0.15, -0.1) is 0 Å². The molecule has 0 saturated carbocycles. The third-order valence-corrected chi connectivity index (χ3v) is 3.75. The largest absolute Gasteiger partial charge is 0.469 e. The van der Waals surface area contributed by atoms with Gasteiger partial charge >= 0.3 is 5.97 Å². The lowest BCUT2D eigenvalue weighted by molar-refractivity contribution is -0.142. The molecule has 0 N–H and O–H groups in total. The molecule has 4 nitrogen and oxygen atoms in total. The van der Waals surface area contributed by atoms with Crippen molar-refractivity contribution in [2.75, 3.05) is 13.7 Å². The van der Waals surface area contributed by atoms with Crippen molar-refractivity contribution in [2.45, 2.75) is 39.7 Å².